The molecule has 1 rings (SSSR count). The van der Waals surface area contributed by atoms with Gasteiger partial charge in [0.15, 0.2) is 0 Å². The molecule has 0 radical (unpaired) electrons. The van der Waals surface area contributed by atoms with Gasteiger partial charge in [-0.1, -0.05) is 35.0 Å². The molecule has 1 N–H and O–H groups in total. The van der Waals surface area contributed by atoms with Crippen molar-refractivity contribution in [2.24, 2.45) is 5.92 Å². The Kier molecular flexibility index (Phi) is 6.37. The third-order valence-electron chi connectivity index (χ3n) is 3.13. The minimum absolute atomic E-state index is 0.241. The maximum atomic E-state index is 3.55. The molecular weight excluding hydrogens is 286 g/mol. The van der Waals surface area contributed by atoms with E-state index in [1.165, 1.54) is 24.8 Å². The summed E-state index contributed by atoms with van der Waals surface area (Å²) in [6, 6.07) is 8.68. The van der Waals surface area contributed by atoms with Gasteiger partial charge in [0.1, 0.15) is 0 Å². The van der Waals surface area contributed by atoms with Crippen molar-refractivity contribution in [3.05, 3.63) is 34.3 Å². The summed E-state index contributed by atoms with van der Waals surface area (Å²) in [7, 11) is 0. The molecule has 0 saturated carbocycles. The van der Waals surface area contributed by atoms with Crippen molar-refractivity contribution in [3.63, 3.8) is 0 Å². The van der Waals surface area contributed by atoms with E-state index in [1.807, 2.05) is 0 Å². The Balaban J connectivity index is 2.21. The van der Waals surface area contributed by atoms with Crippen LogP contribution in [0.15, 0.2) is 28.7 Å². The Hall–Kier alpha value is -0.340. The molecule has 0 amide bonds. The zero-order chi connectivity index (χ0) is 13.6. The fourth-order valence-corrected chi connectivity index (χ4v) is 2.17. The largest absolute Gasteiger partial charge is 0.312 e. The second-order valence-electron chi connectivity index (χ2n) is 6.24. The van der Waals surface area contributed by atoms with Crippen molar-refractivity contribution >= 4 is 15.9 Å². The topological polar surface area (TPSA) is 12.0 Å². The Labute approximate surface area is 120 Å². The predicted molar refractivity (Wildman–Crippen MR) is 84.0 cm³/mol. The van der Waals surface area contributed by atoms with Crippen LogP contribution in [0.4, 0.5) is 0 Å². The molecule has 0 saturated heterocycles. The number of rotatable bonds is 6. The lowest BCUT2D eigenvalue weighted by atomic mass is 9.98. The number of hydrogen-bond donors (Lipinski definition) is 1. The van der Waals surface area contributed by atoms with Gasteiger partial charge in [0.2, 0.25) is 0 Å². The van der Waals surface area contributed by atoms with Crippen molar-refractivity contribution in [1.29, 1.82) is 0 Å². The van der Waals surface area contributed by atoms with Crippen LogP contribution in [0.25, 0.3) is 0 Å². The molecule has 0 fully saturated rings. The quantitative estimate of drug-likeness (QED) is 0.796. The van der Waals surface area contributed by atoms with Crippen molar-refractivity contribution in [3.8, 4) is 0 Å². The molecule has 2 heteroatoms. The first-order valence-corrected chi connectivity index (χ1v) is 7.65. The third-order valence-corrected chi connectivity index (χ3v) is 3.66. The van der Waals surface area contributed by atoms with Crippen LogP contribution in [0.3, 0.4) is 0 Å². The van der Waals surface area contributed by atoms with Crippen LogP contribution in [-0.2, 0) is 6.42 Å². The second-order valence-corrected chi connectivity index (χ2v) is 7.15. The van der Waals surface area contributed by atoms with E-state index in [0.29, 0.717) is 0 Å². The van der Waals surface area contributed by atoms with Crippen molar-refractivity contribution in [2.45, 2.75) is 52.5 Å². The maximum absolute atomic E-state index is 3.55. The summed E-state index contributed by atoms with van der Waals surface area (Å²) in [5.74, 6) is 0.781. The van der Waals surface area contributed by atoms with E-state index in [2.05, 4.69) is 73.2 Å². The molecule has 0 aliphatic carbocycles. The van der Waals surface area contributed by atoms with E-state index < -0.39 is 0 Å². The van der Waals surface area contributed by atoms with Crippen LogP contribution in [0, 0.1) is 5.92 Å². The van der Waals surface area contributed by atoms with E-state index in [1.54, 1.807) is 0 Å². The summed E-state index contributed by atoms with van der Waals surface area (Å²) in [5.41, 5.74) is 1.68. The Morgan fingerprint density at radius 2 is 1.72 bits per heavy atom. The second kappa shape index (κ2) is 7.30. The van der Waals surface area contributed by atoms with Gasteiger partial charge < -0.3 is 5.32 Å². The van der Waals surface area contributed by atoms with E-state index in [9.17, 15) is 0 Å². The molecule has 0 aliphatic rings. The highest BCUT2D eigenvalue weighted by molar-refractivity contribution is 9.10. The maximum Gasteiger partial charge on any atom is 0.0175 e. The van der Waals surface area contributed by atoms with Gasteiger partial charge in [-0.05, 0) is 70.2 Å². The molecule has 1 aromatic rings. The van der Waals surface area contributed by atoms with Crippen LogP contribution >= 0.6 is 15.9 Å². The highest BCUT2D eigenvalue weighted by Gasteiger charge is 2.09. The highest BCUT2D eigenvalue weighted by Crippen LogP contribution is 2.15. The first-order valence-electron chi connectivity index (χ1n) is 6.86. The lowest BCUT2D eigenvalue weighted by Gasteiger charge is -2.22. The molecule has 0 bridgehead atoms. The summed E-state index contributed by atoms with van der Waals surface area (Å²) < 4.78 is 1.16. The third kappa shape index (κ3) is 7.17. The lowest BCUT2D eigenvalue weighted by Crippen LogP contribution is -2.36. The number of nitrogens with one attached hydrogen (secondary N) is 1. The van der Waals surface area contributed by atoms with Gasteiger partial charge in [-0.2, -0.15) is 0 Å². The monoisotopic (exact) mass is 311 g/mol. The van der Waals surface area contributed by atoms with Crippen LogP contribution < -0.4 is 5.32 Å². The zero-order valence-electron chi connectivity index (χ0n) is 12.1. The molecule has 0 aliphatic heterocycles. The van der Waals surface area contributed by atoms with Crippen LogP contribution in [0.1, 0.15) is 46.1 Å². The van der Waals surface area contributed by atoms with E-state index in [-0.39, 0.29) is 5.54 Å². The van der Waals surface area contributed by atoms with Crippen LogP contribution in [-0.4, -0.2) is 12.1 Å². The molecule has 0 spiro atoms. The molecule has 18 heavy (non-hydrogen) atoms. The first-order chi connectivity index (χ1) is 8.37. The molecule has 1 nitrogen and oxygen atoms in total. The molecule has 1 aromatic carbocycles. The molecule has 1 unspecified atom stereocenters. The number of aryl methyl sites for hydroxylation is 1. The normalized spacial score (nSPS) is 13.6. The summed E-state index contributed by atoms with van der Waals surface area (Å²) in [4.78, 5) is 0. The molecule has 1 atom stereocenters. The Bertz CT molecular complexity index is 337. The number of hydrogen-bond acceptors (Lipinski definition) is 1. The van der Waals surface area contributed by atoms with Crippen molar-refractivity contribution < 1.29 is 0 Å². The van der Waals surface area contributed by atoms with E-state index in [0.717, 1.165) is 16.9 Å². The van der Waals surface area contributed by atoms with Crippen LogP contribution in [0.2, 0.25) is 0 Å². The van der Waals surface area contributed by atoms with Gasteiger partial charge in [-0.3, -0.25) is 0 Å². The number of halogens is 1. The minimum atomic E-state index is 0.241. The van der Waals surface area contributed by atoms with Gasteiger partial charge in [0.25, 0.3) is 0 Å². The molecule has 0 aromatic heterocycles. The van der Waals surface area contributed by atoms with Gasteiger partial charge in [0, 0.05) is 10.0 Å². The van der Waals surface area contributed by atoms with Crippen LogP contribution in [0.5, 0.6) is 0 Å². The minimum Gasteiger partial charge on any atom is -0.312 e. The number of benzene rings is 1. The SMILES string of the molecule is CC(CCNC(C)(C)C)CCc1ccc(Br)cc1. The van der Waals surface area contributed by atoms with Crippen molar-refractivity contribution in [1.82, 2.24) is 5.32 Å². The zero-order valence-corrected chi connectivity index (χ0v) is 13.7. The molecule has 0 heterocycles. The highest BCUT2D eigenvalue weighted by atomic mass is 79.9. The summed E-state index contributed by atoms with van der Waals surface area (Å²) in [6.07, 6.45) is 3.71. The van der Waals surface area contributed by atoms with E-state index >= 15 is 0 Å². The summed E-state index contributed by atoms with van der Waals surface area (Å²) in [6.45, 7) is 10.1. The average Bonchev–Trinajstić information content (AvgIpc) is 2.26. The lowest BCUT2D eigenvalue weighted by molar-refractivity contribution is 0.386. The summed E-state index contributed by atoms with van der Waals surface area (Å²) >= 11 is 3.47. The Morgan fingerprint density at radius 1 is 1.11 bits per heavy atom. The smallest absolute Gasteiger partial charge is 0.0175 e. The average molecular weight is 312 g/mol. The van der Waals surface area contributed by atoms with Crippen molar-refractivity contribution in [2.75, 3.05) is 6.54 Å². The van der Waals surface area contributed by atoms with Gasteiger partial charge >= 0.3 is 0 Å². The fourth-order valence-electron chi connectivity index (χ4n) is 1.90. The first kappa shape index (κ1) is 15.7. The standard InChI is InChI=1S/C16H26BrN/c1-13(11-12-18-16(2,3)4)5-6-14-7-9-15(17)10-8-14/h7-10,13,18H,5-6,11-12H2,1-4H3. The van der Waals surface area contributed by atoms with Gasteiger partial charge in [-0.25, -0.2) is 0 Å². The summed E-state index contributed by atoms with van der Waals surface area (Å²) in [5, 5.41) is 3.55. The molecule has 102 valence electrons. The Morgan fingerprint density at radius 3 is 2.28 bits per heavy atom. The molecular formula is C16H26BrN. The van der Waals surface area contributed by atoms with Gasteiger partial charge in [-0.15, -0.1) is 0 Å². The van der Waals surface area contributed by atoms with Gasteiger partial charge in [0.05, 0.1) is 0 Å². The van der Waals surface area contributed by atoms with E-state index in [4.69, 9.17) is 0 Å². The predicted octanol–water partition coefficient (Wildman–Crippen LogP) is 4.80. The fraction of sp³-hybridized carbons (Fsp3) is 0.625.